The summed E-state index contributed by atoms with van der Waals surface area (Å²) < 4.78 is 18.3. The molecule has 0 atom stereocenters. The molecule has 4 rings (SSSR count). The van der Waals surface area contributed by atoms with Gasteiger partial charge in [0, 0.05) is 31.5 Å². The normalized spacial score (nSPS) is 19.1. The van der Waals surface area contributed by atoms with Crippen LogP contribution in [0.3, 0.4) is 0 Å². The number of aryl methyl sites for hydroxylation is 1. The Morgan fingerprint density at radius 1 is 1.14 bits per heavy atom. The molecule has 1 aromatic carbocycles. The van der Waals surface area contributed by atoms with Crippen LogP contribution in [0.4, 0.5) is 4.39 Å². The van der Waals surface area contributed by atoms with Crippen LogP contribution in [0.1, 0.15) is 44.4 Å². The lowest BCUT2D eigenvalue weighted by Crippen LogP contribution is -2.47. The minimum absolute atomic E-state index is 0.224. The van der Waals surface area contributed by atoms with Gasteiger partial charge in [-0.2, -0.15) is 4.98 Å². The van der Waals surface area contributed by atoms with E-state index in [0.29, 0.717) is 42.0 Å². The fraction of sp³-hybridized carbons (Fsp3) is 0.571. The molecule has 2 aliphatic heterocycles. The lowest BCUT2D eigenvalue weighted by Gasteiger charge is -2.44. The molecule has 150 valence electrons. The first kappa shape index (κ1) is 19.1. The van der Waals surface area contributed by atoms with Crippen LogP contribution >= 0.6 is 0 Å². The molecule has 2 fully saturated rings. The predicted octanol–water partition coefficient (Wildman–Crippen LogP) is 3.19. The van der Waals surface area contributed by atoms with Gasteiger partial charge in [-0.15, -0.1) is 0 Å². The average Bonchev–Trinajstić information content (AvgIpc) is 3.18. The standard InChI is InChI=1S/C21H27FN4O2/c22-17-6-4-16(5-7-17)20-24-18(28-25-20)2-1-3-19(27)26-14-10-21(11-15-26)8-12-23-13-9-21/h4-7,23H,1-3,8-15H2. The van der Waals surface area contributed by atoms with Crippen molar-refractivity contribution < 1.29 is 13.7 Å². The van der Waals surface area contributed by atoms with E-state index in [1.165, 1.54) is 25.0 Å². The Morgan fingerprint density at radius 2 is 1.86 bits per heavy atom. The third-order valence-corrected chi connectivity index (χ3v) is 6.19. The van der Waals surface area contributed by atoms with Gasteiger partial charge in [0.1, 0.15) is 5.82 Å². The minimum atomic E-state index is -0.297. The topological polar surface area (TPSA) is 71.3 Å². The number of hydrogen-bond acceptors (Lipinski definition) is 5. The Hall–Kier alpha value is -2.28. The maximum absolute atomic E-state index is 13.0. The van der Waals surface area contributed by atoms with Crippen LogP contribution < -0.4 is 5.32 Å². The molecule has 0 radical (unpaired) electrons. The van der Waals surface area contributed by atoms with Crippen molar-refractivity contribution in [2.24, 2.45) is 5.41 Å². The summed E-state index contributed by atoms with van der Waals surface area (Å²) in [7, 11) is 0. The molecular weight excluding hydrogens is 359 g/mol. The van der Waals surface area contributed by atoms with Gasteiger partial charge >= 0.3 is 0 Å². The third kappa shape index (κ3) is 4.41. The van der Waals surface area contributed by atoms with E-state index >= 15 is 0 Å². The quantitative estimate of drug-likeness (QED) is 0.855. The highest BCUT2D eigenvalue weighted by molar-refractivity contribution is 5.76. The van der Waals surface area contributed by atoms with Crippen LogP contribution in [0.2, 0.25) is 0 Å². The van der Waals surface area contributed by atoms with E-state index in [1.807, 2.05) is 4.90 Å². The zero-order chi connectivity index (χ0) is 19.4. The maximum Gasteiger partial charge on any atom is 0.226 e. The molecule has 0 bridgehead atoms. The molecule has 7 heteroatoms. The largest absolute Gasteiger partial charge is 0.343 e. The van der Waals surface area contributed by atoms with Gasteiger partial charge < -0.3 is 14.7 Å². The van der Waals surface area contributed by atoms with Gasteiger partial charge in [-0.1, -0.05) is 5.16 Å². The second kappa shape index (κ2) is 8.39. The molecule has 0 saturated carbocycles. The third-order valence-electron chi connectivity index (χ3n) is 6.19. The summed E-state index contributed by atoms with van der Waals surface area (Å²) in [5, 5.41) is 7.37. The summed E-state index contributed by atoms with van der Waals surface area (Å²) in [6.07, 6.45) is 6.50. The van der Waals surface area contributed by atoms with E-state index in [1.54, 1.807) is 12.1 Å². The number of carbonyl (C=O) groups is 1. The van der Waals surface area contributed by atoms with Crippen molar-refractivity contribution in [2.75, 3.05) is 26.2 Å². The molecular formula is C21H27FN4O2. The van der Waals surface area contributed by atoms with Crippen LogP contribution in [-0.2, 0) is 11.2 Å². The van der Waals surface area contributed by atoms with Crippen molar-refractivity contribution >= 4 is 5.91 Å². The Bertz CT molecular complexity index is 789. The van der Waals surface area contributed by atoms with Crippen LogP contribution in [0, 0.1) is 11.2 Å². The summed E-state index contributed by atoms with van der Waals surface area (Å²) in [6.45, 7) is 3.98. The molecule has 1 spiro atoms. The fourth-order valence-electron chi connectivity index (χ4n) is 4.31. The van der Waals surface area contributed by atoms with Gasteiger partial charge in [-0.05, 0) is 74.9 Å². The number of nitrogens with zero attached hydrogens (tertiary/aromatic N) is 3. The highest BCUT2D eigenvalue weighted by Gasteiger charge is 2.36. The molecule has 2 saturated heterocycles. The molecule has 3 heterocycles. The predicted molar refractivity (Wildman–Crippen MR) is 103 cm³/mol. The van der Waals surface area contributed by atoms with Crippen molar-refractivity contribution in [1.29, 1.82) is 0 Å². The van der Waals surface area contributed by atoms with Crippen molar-refractivity contribution in [1.82, 2.24) is 20.4 Å². The lowest BCUT2D eigenvalue weighted by molar-refractivity contribution is -0.133. The molecule has 0 unspecified atom stereocenters. The first-order valence-corrected chi connectivity index (χ1v) is 10.2. The van der Waals surface area contributed by atoms with E-state index in [9.17, 15) is 9.18 Å². The highest BCUT2D eigenvalue weighted by Crippen LogP contribution is 2.39. The van der Waals surface area contributed by atoms with Gasteiger partial charge in [0.2, 0.25) is 17.6 Å². The second-order valence-corrected chi connectivity index (χ2v) is 8.00. The van der Waals surface area contributed by atoms with Gasteiger partial charge in [-0.3, -0.25) is 4.79 Å². The van der Waals surface area contributed by atoms with Crippen LogP contribution in [0.25, 0.3) is 11.4 Å². The van der Waals surface area contributed by atoms with Crippen molar-refractivity contribution in [3.8, 4) is 11.4 Å². The monoisotopic (exact) mass is 386 g/mol. The van der Waals surface area contributed by atoms with Gasteiger partial charge in [0.05, 0.1) is 0 Å². The smallest absolute Gasteiger partial charge is 0.226 e. The second-order valence-electron chi connectivity index (χ2n) is 8.00. The number of hydrogen-bond donors (Lipinski definition) is 1. The summed E-state index contributed by atoms with van der Waals surface area (Å²) in [6, 6.07) is 5.99. The number of rotatable bonds is 5. The van der Waals surface area contributed by atoms with Gasteiger partial charge in [0.15, 0.2) is 0 Å². The van der Waals surface area contributed by atoms with Crippen LogP contribution in [0.15, 0.2) is 28.8 Å². The number of benzene rings is 1. The van der Waals surface area contributed by atoms with Crippen molar-refractivity contribution in [3.63, 3.8) is 0 Å². The number of carbonyl (C=O) groups excluding carboxylic acids is 1. The van der Waals surface area contributed by atoms with Crippen molar-refractivity contribution in [3.05, 3.63) is 36.0 Å². The summed E-state index contributed by atoms with van der Waals surface area (Å²) >= 11 is 0. The number of aromatic nitrogens is 2. The van der Waals surface area contributed by atoms with Crippen LogP contribution in [-0.4, -0.2) is 47.1 Å². The molecule has 28 heavy (non-hydrogen) atoms. The van der Waals surface area contributed by atoms with E-state index in [0.717, 1.165) is 39.0 Å². The maximum atomic E-state index is 13.0. The first-order valence-electron chi connectivity index (χ1n) is 10.2. The SMILES string of the molecule is O=C(CCCc1nc(-c2ccc(F)cc2)no1)N1CCC2(CCNCC2)CC1. The molecule has 1 amide bonds. The van der Waals surface area contributed by atoms with E-state index in [4.69, 9.17) is 4.52 Å². The molecule has 1 aromatic heterocycles. The molecule has 2 aromatic rings. The van der Waals surface area contributed by atoms with E-state index < -0.39 is 0 Å². The highest BCUT2D eigenvalue weighted by atomic mass is 19.1. The lowest BCUT2D eigenvalue weighted by atomic mass is 9.71. The summed E-state index contributed by atoms with van der Waals surface area (Å²) in [4.78, 5) is 18.9. The zero-order valence-electron chi connectivity index (χ0n) is 16.1. The molecule has 2 aliphatic rings. The number of halogens is 1. The summed E-state index contributed by atoms with van der Waals surface area (Å²) in [5.74, 6) is 0.890. The Labute approximate surface area is 164 Å². The Kier molecular flexibility index (Phi) is 5.71. The van der Waals surface area contributed by atoms with E-state index in [2.05, 4.69) is 15.5 Å². The number of amides is 1. The first-order chi connectivity index (χ1) is 13.6. The van der Waals surface area contributed by atoms with E-state index in [-0.39, 0.29) is 11.7 Å². The molecule has 0 aliphatic carbocycles. The number of nitrogens with one attached hydrogen (secondary N) is 1. The minimum Gasteiger partial charge on any atom is -0.343 e. The van der Waals surface area contributed by atoms with Gasteiger partial charge in [0.25, 0.3) is 0 Å². The Morgan fingerprint density at radius 3 is 2.57 bits per heavy atom. The number of likely N-dealkylation sites (tertiary alicyclic amines) is 1. The van der Waals surface area contributed by atoms with Crippen LogP contribution in [0.5, 0.6) is 0 Å². The molecule has 1 N–H and O–H groups in total. The van der Waals surface area contributed by atoms with Crippen molar-refractivity contribution in [2.45, 2.75) is 44.9 Å². The Balaban J connectivity index is 1.22. The zero-order valence-corrected chi connectivity index (χ0v) is 16.1. The average molecular weight is 386 g/mol. The van der Waals surface area contributed by atoms with Gasteiger partial charge in [-0.25, -0.2) is 4.39 Å². The summed E-state index contributed by atoms with van der Waals surface area (Å²) in [5.41, 5.74) is 1.18. The number of piperidine rings is 2. The molecule has 6 nitrogen and oxygen atoms in total. The fourth-order valence-corrected chi connectivity index (χ4v) is 4.31.